The van der Waals surface area contributed by atoms with Crippen LogP contribution in [0.3, 0.4) is 0 Å². The minimum atomic E-state index is 0.358. The van der Waals surface area contributed by atoms with Gasteiger partial charge >= 0.3 is 0 Å². The van der Waals surface area contributed by atoms with Gasteiger partial charge in [0, 0.05) is 38.4 Å². The van der Waals surface area contributed by atoms with Crippen molar-refractivity contribution in [3.05, 3.63) is 35.4 Å². The molecule has 3 unspecified atom stereocenters. The van der Waals surface area contributed by atoms with Crippen LogP contribution in [0, 0.1) is 5.92 Å². The number of morpholine rings is 1. The second kappa shape index (κ2) is 9.99. The molecule has 0 amide bonds. The highest BCUT2D eigenvalue weighted by atomic mass is 16.5. The van der Waals surface area contributed by atoms with Gasteiger partial charge in [-0.05, 0) is 42.7 Å². The summed E-state index contributed by atoms with van der Waals surface area (Å²) in [5.74, 6) is 0.692. The van der Waals surface area contributed by atoms with E-state index in [0.717, 1.165) is 52.4 Å². The average molecular weight is 375 g/mol. The lowest BCUT2D eigenvalue weighted by Crippen LogP contribution is -2.50. The quantitative estimate of drug-likeness (QED) is 0.768. The van der Waals surface area contributed by atoms with Crippen LogP contribution in [0.4, 0.5) is 0 Å². The van der Waals surface area contributed by atoms with Crippen LogP contribution in [0.2, 0.25) is 0 Å². The van der Waals surface area contributed by atoms with E-state index in [0.29, 0.717) is 30.7 Å². The molecule has 150 valence electrons. The van der Waals surface area contributed by atoms with Crippen LogP contribution in [0.1, 0.15) is 43.2 Å². The molecule has 2 saturated heterocycles. The summed E-state index contributed by atoms with van der Waals surface area (Å²) in [5.41, 5.74) is 2.61. The fourth-order valence-corrected chi connectivity index (χ4v) is 4.64. The topological polar surface area (TPSA) is 51.8 Å². The summed E-state index contributed by atoms with van der Waals surface area (Å²) in [5, 5.41) is 7.46. The van der Waals surface area contributed by atoms with Gasteiger partial charge in [0.1, 0.15) is 0 Å². The van der Waals surface area contributed by atoms with E-state index in [-0.39, 0.29) is 0 Å². The molecule has 0 bridgehead atoms. The molecule has 2 heterocycles. The van der Waals surface area contributed by atoms with Gasteiger partial charge in [0.25, 0.3) is 0 Å². The van der Waals surface area contributed by atoms with Crippen molar-refractivity contribution < 1.29 is 14.2 Å². The number of hydrogen-bond donors (Lipinski definition) is 2. The van der Waals surface area contributed by atoms with Gasteiger partial charge in [-0.1, -0.05) is 30.7 Å². The SMILES string of the molecule is c1cc(COC2CCOCC2)ccc1CNC1CCCC1C1COCCN1. The first-order chi connectivity index (χ1) is 13.4. The highest BCUT2D eigenvalue weighted by Crippen LogP contribution is 2.29. The number of hydrogen-bond acceptors (Lipinski definition) is 5. The number of benzene rings is 1. The first kappa shape index (κ1) is 19.3. The van der Waals surface area contributed by atoms with Gasteiger partial charge in [-0.25, -0.2) is 0 Å². The van der Waals surface area contributed by atoms with E-state index in [2.05, 4.69) is 34.9 Å². The Labute approximate surface area is 163 Å². The average Bonchev–Trinajstić information content (AvgIpc) is 3.21. The van der Waals surface area contributed by atoms with E-state index in [4.69, 9.17) is 14.2 Å². The largest absolute Gasteiger partial charge is 0.381 e. The van der Waals surface area contributed by atoms with Crippen molar-refractivity contribution in [1.29, 1.82) is 0 Å². The molecular formula is C22H34N2O3. The van der Waals surface area contributed by atoms with Gasteiger partial charge in [-0.2, -0.15) is 0 Å². The van der Waals surface area contributed by atoms with Crippen LogP contribution in [-0.4, -0.2) is 51.2 Å². The lowest BCUT2D eigenvalue weighted by molar-refractivity contribution is -0.0390. The minimum absolute atomic E-state index is 0.358. The van der Waals surface area contributed by atoms with Gasteiger partial charge in [0.05, 0.1) is 25.9 Å². The Morgan fingerprint density at radius 2 is 1.78 bits per heavy atom. The van der Waals surface area contributed by atoms with Crippen molar-refractivity contribution in [2.24, 2.45) is 5.92 Å². The van der Waals surface area contributed by atoms with Gasteiger partial charge in [-0.15, -0.1) is 0 Å². The van der Waals surface area contributed by atoms with E-state index in [1.54, 1.807) is 0 Å². The standard InChI is InChI=1S/C22H34N2O3/c1-2-20(22-16-26-13-10-23-22)21(3-1)24-14-17-4-6-18(7-5-17)15-27-19-8-11-25-12-9-19/h4-7,19-24H,1-3,8-16H2. The van der Waals surface area contributed by atoms with Crippen LogP contribution >= 0.6 is 0 Å². The molecule has 4 rings (SSSR count). The maximum Gasteiger partial charge on any atom is 0.0720 e. The predicted molar refractivity (Wildman–Crippen MR) is 106 cm³/mol. The maximum absolute atomic E-state index is 6.02. The van der Waals surface area contributed by atoms with Crippen LogP contribution in [0.15, 0.2) is 24.3 Å². The first-order valence-electron chi connectivity index (χ1n) is 10.7. The van der Waals surface area contributed by atoms with E-state index < -0.39 is 0 Å². The molecule has 1 aromatic carbocycles. The Morgan fingerprint density at radius 1 is 0.963 bits per heavy atom. The van der Waals surface area contributed by atoms with Crippen LogP contribution in [0.25, 0.3) is 0 Å². The van der Waals surface area contributed by atoms with E-state index in [9.17, 15) is 0 Å². The van der Waals surface area contributed by atoms with Gasteiger partial charge < -0.3 is 24.8 Å². The van der Waals surface area contributed by atoms with Crippen LogP contribution in [-0.2, 0) is 27.4 Å². The van der Waals surface area contributed by atoms with Crippen LogP contribution < -0.4 is 10.6 Å². The third-order valence-electron chi connectivity index (χ3n) is 6.28. The summed E-state index contributed by atoms with van der Waals surface area (Å²) in [4.78, 5) is 0. The van der Waals surface area contributed by atoms with E-state index >= 15 is 0 Å². The highest BCUT2D eigenvalue weighted by molar-refractivity contribution is 5.22. The van der Waals surface area contributed by atoms with E-state index in [1.807, 2.05) is 0 Å². The predicted octanol–water partition coefficient (Wildman–Crippen LogP) is 2.63. The maximum atomic E-state index is 6.02. The van der Waals surface area contributed by atoms with Gasteiger partial charge in [0.15, 0.2) is 0 Å². The lowest BCUT2D eigenvalue weighted by atomic mass is 9.94. The zero-order valence-corrected chi connectivity index (χ0v) is 16.3. The minimum Gasteiger partial charge on any atom is -0.381 e. The lowest BCUT2D eigenvalue weighted by Gasteiger charge is -2.33. The summed E-state index contributed by atoms with van der Waals surface area (Å²) in [6.07, 6.45) is 6.30. The zero-order chi connectivity index (χ0) is 18.3. The Kier molecular flexibility index (Phi) is 7.15. The van der Waals surface area contributed by atoms with Crippen molar-refractivity contribution in [2.45, 2.75) is 63.4 Å². The van der Waals surface area contributed by atoms with Gasteiger partial charge in [0.2, 0.25) is 0 Å². The molecule has 0 radical (unpaired) electrons. The van der Waals surface area contributed by atoms with Crippen molar-refractivity contribution >= 4 is 0 Å². The summed E-state index contributed by atoms with van der Waals surface area (Å²) < 4.78 is 17.1. The number of rotatable bonds is 7. The molecule has 3 atom stereocenters. The van der Waals surface area contributed by atoms with Crippen LogP contribution in [0.5, 0.6) is 0 Å². The third-order valence-corrected chi connectivity index (χ3v) is 6.28. The fourth-order valence-electron chi connectivity index (χ4n) is 4.64. The zero-order valence-electron chi connectivity index (χ0n) is 16.3. The molecule has 0 aromatic heterocycles. The van der Waals surface area contributed by atoms with Crippen molar-refractivity contribution in [3.63, 3.8) is 0 Å². The Morgan fingerprint density at radius 3 is 2.56 bits per heavy atom. The third kappa shape index (κ3) is 5.52. The van der Waals surface area contributed by atoms with Gasteiger partial charge in [-0.3, -0.25) is 0 Å². The monoisotopic (exact) mass is 374 g/mol. The summed E-state index contributed by atoms with van der Waals surface area (Å²) in [6.45, 7) is 6.02. The molecule has 1 aliphatic carbocycles. The molecule has 5 heteroatoms. The second-order valence-corrected chi connectivity index (χ2v) is 8.16. The Hall–Kier alpha value is -0.980. The van der Waals surface area contributed by atoms with Crippen molar-refractivity contribution in [3.8, 4) is 0 Å². The molecule has 1 aromatic rings. The fraction of sp³-hybridized carbons (Fsp3) is 0.727. The molecule has 3 fully saturated rings. The summed E-state index contributed by atoms with van der Waals surface area (Å²) in [6, 6.07) is 10.0. The Balaban J connectivity index is 1.22. The highest BCUT2D eigenvalue weighted by Gasteiger charge is 2.34. The van der Waals surface area contributed by atoms with E-state index in [1.165, 1.54) is 30.4 Å². The molecular weight excluding hydrogens is 340 g/mol. The molecule has 3 aliphatic rings. The number of nitrogens with one attached hydrogen (secondary N) is 2. The molecule has 5 nitrogen and oxygen atoms in total. The summed E-state index contributed by atoms with van der Waals surface area (Å²) >= 11 is 0. The summed E-state index contributed by atoms with van der Waals surface area (Å²) in [7, 11) is 0. The van der Waals surface area contributed by atoms with Crippen molar-refractivity contribution in [2.75, 3.05) is 33.0 Å². The molecule has 1 saturated carbocycles. The first-order valence-corrected chi connectivity index (χ1v) is 10.7. The normalized spacial score (nSPS) is 29.9. The second-order valence-electron chi connectivity index (χ2n) is 8.16. The smallest absolute Gasteiger partial charge is 0.0720 e. The van der Waals surface area contributed by atoms with Crippen molar-refractivity contribution in [1.82, 2.24) is 10.6 Å². The number of ether oxygens (including phenoxy) is 3. The molecule has 2 N–H and O–H groups in total. The molecule has 27 heavy (non-hydrogen) atoms. The molecule has 2 aliphatic heterocycles. The molecule has 0 spiro atoms. The Bertz CT molecular complexity index is 553.